The van der Waals surface area contributed by atoms with Gasteiger partial charge >= 0.3 is 5.97 Å². The van der Waals surface area contributed by atoms with Crippen molar-refractivity contribution in [3.05, 3.63) is 47.3 Å². The number of aromatic nitrogens is 1. The second-order valence-electron chi connectivity index (χ2n) is 7.10. The smallest absolute Gasteiger partial charge is 0.354 e. The minimum Gasteiger partial charge on any atom is -0.461 e. The predicted molar refractivity (Wildman–Crippen MR) is 110 cm³/mol. The van der Waals surface area contributed by atoms with Crippen molar-refractivity contribution in [2.75, 3.05) is 13.2 Å². The quantitative estimate of drug-likeness (QED) is 0.471. The van der Waals surface area contributed by atoms with Crippen LogP contribution in [0.2, 0.25) is 0 Å². The van der Waals surface area contributed by atoms with E-state index >= 15 is 0 Å². The molecule has 0 bridgehead atoms. The van der Waals surface area contributed by atoms with E-state index in [1.54, 1.807) is 19.1 Å². The number of carbonyl (C=O) groups is 3. The van der Waals surface area contributed by atoms with Gasteiger partial charge in [0.2, 0.25) is 5.91 Å². The number of benzene rings is 1. The fourth-order valence-electron chi connectivity index (χ4n) is 3.46. The highest BCUT2D eigenvalue weighted by atomic mass is 16.5. The van der Waals surface area contributed by atoms with Crippen molar-refractivity contribution >= 4 is 28.7 Å². The zero-order valence-corrected chi connectivity index (χ0v) is 16.8. The first-order valence-electron chi connectivity index (χ1n) is 10.1. The molecular formula is C22H27N3O4. The van der Waals surface area contributed by atoms with E-state index in [4.69, 9.17) is 4.74 Å². The van der Waals surface area contributed by atoms with Crippen molar-refractivity contribution in [1.82, 2.24) is 15.6 Å². The van der Waals surface area contributed by atoms with Gasteiger partial charge in [0, 0.05) is 23.4 Å². The lowest BCUT2D eigenvalue weighted by Gasteiger charge is -2.09. The Bertz CT molecular complexity index is 945. The number of amides is 2. The van der Waals surface area contributed by atoms with E-state index in [1.807, 2.05) is 18.2 Å². The summed E-state index contributed by atoms with van der Waals surface area (Å²) in [5.41, 5.74) is 2.52. The maximum Gasteiger partial charge on any atom is 0.354 e. The summed E-state index contributed by atoms with van der Waals surface area (Å²) in [6.07, 6.45) is 4.47. The standard InChI is InChI=1S/C22H27N3O4/c1-3-14-8-9-17-16(12-14)13-19(24-17)21(27)25-18(22(28)29-4-2)7-5-6-15-10-11-23-20(15)26/h7-9,12-13,15,24H,3-6,10-11H2,1-2H3,(H,23,26)(H,25,27)/t15-/m0/s1. The average Bonchev–Trinajstić information content (AvgIpc) is 3.32. The highest BCUT2D eigenvalue weighted by Crippen LogP contribution is 2.19. The minimum absolute atomic E-state index is 0.0460. The van der Waals surface area contributed by atoms with Gasteiger partial charge in [-0.25, -0.2) is 4.79 Å². The van der Waals surface area contributed by atoms with E-state index in [0.29, 0.717) is 25.1 Å². The number of aryl methyl sites for hydroxylation is 1. The number of aromatic amines is 1. The van der Waals surface area contributed by atoms with Gasteiger partial charge in [0.25, 0.3) is 5.91 Å². The Kier molecular flexibility index (Phi) is 6.69. The summed E-state index contributed by atoms with van der Waals surface area (Å²) in [6, 6.07) is 7.77. The first-order valence-corrected chi connectivity index (χ1v) is 10.1. The number of esters is 1. The lowest BCUT2D eigenvalue weighted by atomic mass is 10.0. The normalized spacial score (nSPS) is 16.7. The van der Waals surface area contributed by atoms with Crippen LogP contribution in [0.1, 0.15) is 49.2 Å². The summed E-state index contributed by atoms with van der Waals surface area (Å²) in [5, 5.41) is 6.41. The number of allylic oxidation sites excluding steroid dienone is 1. The second kappa shape index (κ2) is 9.41. The zero-order chi connectivity index (χ0) is 20.8. The molecule has 0 aliphatic carbocycles. The van der Waals surface area contributed by atoms with Crippen LogP contribution >= 0.6 is 0 Å². The van der Waals surface area contributed by atoms with Crippen molar-refractivity contribution in [2.45, 2.75) is 39.5 Å². The molecule has 1 aromatic carbocycles. The summed E-state index contributed by atoms with van der Waals surface area (Å²) in [7, 11) is 0. The molecule has 2 heterocycles. The van der Waals surface area contributed by atoms with E-state index in [0.717, 1.165) is 23.7 Å². The number of rotatable bonds is 8. The molecule has 1 saturated heterocycles. The van der Waals surface area contributed by atoms with Gasteiger partial charge in [0.1, 0.15) is 11.4 Å². The number of carbonyl (C=O) groups excluding carboxylic acids is 3. The molecule has 7 heteroatoms. The minimum atomic E-state index is -0.582. The summed E-state index contributed by atoms with van der Waals surface area (Å²) in [6.45, 7) is 4.69. The van der Waals surface area contributed by atoms with Crippen LogP contribution in [-0.4, -0.2) is 35.9 Å². The fraction of sp³-hybridized carbons (Fsp3) is 0.409. The molecule has 1 atom stereocenters. The molecule has 3 rings (SSSR count). The molecule has 1 fully saturated rings. The van der Waals surface area contributed by atoms with E-state index < -0.39 is 11.9 Å². The molecule has 7 nitrogen and oxygen atoms in total. The van der Waals surface area contributed by atoms with Crippen LogP contribution in [0.25, 0.3) is 10.9 Å². The number of H-pyrrole nitrogens is 1. The summed E-state index contributed by atoms with van der Waals surface area (Å²) < 4.78 is 5.06. The molecule has 0 unspecified atom stereocenters. The van der Waals surface area contributed by atoms with Gasteiger partial charge in [-0.1, -0.05) is 19.1 Å². The van der Waals surface area contributed by atoms with Crippen molar-refractivity contribution in [2.24, 2.45) is 5.92 Å². The van der Waals surface area contributed by atoms with Crippen molar-refractivity contribution in [1.29, 1.82) is 0 Å². The van der Waals surface area contributed by atoms with E-state index in [2.05, 4.69) is 22.5 Å². The van der Waals surface area contributed by atoms with Gasteiger partial charge < -0.3 is 20.4 Å². The molecule has 1 aromatic heterocycles. The first-order chi connectivity index (χ1) is 14.0. The van der Waals surface area contributed by atoms with Crippen molar-refractivity contribution in [3.63, 3.8) is 0 Å². The van der Waals surface area contributed by atoms with Crippen molar-refractivity contribution < 1.29 is 19.1 Å². The Labute approximate surface area is 169 Å². The summed E-state index contributed by atoms with van der Waals surface area (Å²) in [5.74, 6) is -0.991. The van der Waals surface area contributed by atoms with Gasteiger partial charge in [-0.05, 0) is 56.4 Å². The molecule has 1 aliphatic rings. The van der Waals surface area contributed by atoms with E-state index in [9.17, 15) is 14.4 Å². The molecule has 0 radical (unpaired) electrons. The maximum atomic E-state index is 12.7. The maximum absolute atomic E-state index is 12.7. The largest absolute Gasteiger partial charge is 0.461 e. The highest BCUT2D eigenvalue weighted by molar-refractivity contribution is 6.02. The number of hydrogen-bond acceptors (Lipinski definition) is 4. The number of nitrogens with one attached hydrogen (secondary N) is 3. The van der Waals surface area contributed by atoms with Gasteiger partial charge in [-0.2, -0.15) is 0 Å². The predicted octanol–water partition coefficient (Wildman–Crippen LogP) is 2.82. The highest BCUT2D eigenvalue weighted by Gasteiger charge is 2.23. The first kappa shape index (κ1) is 20.6. The van der Waals surface area contributed by atoms with E-state index in [1.165, 1.54) is 5.56 Å². The van der Waals surface area contributed by atoms with Crippen LogP contribution in [0.5, 0.6) is 0 Å². The van der Waals surface area contributed by atoms with Crippen LogP contribution in [0.3, 0.4) is 0 Å². The molecular weight excluding hydrogens is 370 g/mol. The van der Waals surface area contributed by atoms with Crippen LogP contribution in [-0.2, 0) is 20.7 Å². The third kappa shape index (κ3) is 5.04. The van der Waals surface area contributed by atoms with Crippen LogP contribution in [0, 0.1) is 5.92 Å². The van der Waals surface area contributed by atoms with Gasteiger partial charge in [0.15, 0.2) is 0 Å². The molecule has 0 saturated carbocycles. The lowest BCUT2D eigenvalue weighted by molar-refractivity contribution is -0.138. The van der Waals surface area contributed by atoms with Gasteiger partial charge in [-0.3, -0.25) is 9.59 Å². The second-order valence-corrected chi connectivity index (χ2v) is 7.10. The Hall–Kier alpha value is -3.09. The molecule has 2 aromatic rings. The van der Waals surface area contributed by atoms with Crippen LogP contribution < -0.4 is 10.6 Å². The Morgan fingerprint density at radius 1 is 1.28 bits per heavy atom. The molecule has 154 valence electrons. The van der Waals surface area contributed by atoms with Gasteiger partial charge in [-0.15, -0.1) is 0 Å². The zero-order valence-electron chi connectivity index (χ0n) is 16.8. The lowest BCUT2D eigenvalue weighted by Crippen LogP contribution is -2.29. The number of hydrogen-bond donors (Lipinski definition) is 3. The fourth-order valence-corrected chi connectivity index (χ4v) is 3.46. The van der Waals surface area contributed by atoms with E-state index in [-0.39, 0.29) is 24.1 Å². The molecule has 1 aliphatic heterocycles. The molecule has 3 N–H and O–H groups in total. The Balaban J connectivity index is 1.72. The number of fused-ring (bicyclic) bond motifs is 1. The van der Waals surface area contributed by atoms with Crippen LogP contribution in [0.4, 0.5) is 0 Å². The average molecular weight is 397 g/mol. The Morgan fingerprint density at radius 3 is 2.79 bits per heavy atom. The summed E-state index contributed by atoms with van der Waals surface area (Å²) in [4.78, 5) is 39.7. The number of ether oxygens (including phenoxy) is 1. The monoisotopic (exact) mass is 397 g/mol. The SMILES string of the molecule is CCOC(=O)C(=CCC[C@H]1CCNC1=O)NC(=O)c1cc2cc(CC)ccc2[nH]1. The molecule has 2 amide bonds. The topological polar surface area (TPSA) is 100 Å². The Morgan fingerprint density at radius 2 is 2.10 bits per heavy atom. The molecule has 0 spiro atoms. The molecule has 29 heavy (non-hydrogen) atoms. The van der Waals surface area contributed by atoms with Crippen molar-refractivity contribution in [3.8, 4) is 0 Å². The third-order valence-electron chi connectivity index (χ3n) is 5.11. The van der Waals surface area contributed by atoms with Gasteiger partial charge in [0.05, 0.1) is 6.61 Å². The third-order valence-corrected chi connectivity index (χ3v) is 5.11. The van der Waals surface area contributed by atoms with Crippen LogP contribution in [0.15, 0.2) is 36.0 Å². The summed E-state index contributed by atoms with van der Waals surface area (Å²) >= 11 is 0.